The lowest BCUT2D eigenvalue weighted by atomic mass is 10.1. The number of halogens is 1. The van der Waals surface area contributed by atoms with E-state index in [4.69, 9.17) is 25.8 Å². The Bertz CT molecular complexity index is 475. The minimum absolute atomic E-state index is 0.467. The van der Waals surface area contributed by atoms with E-state index in [1.807, 2.05) is 6.07 Å². The highest BCUT2D eigenvalue weighted by Crippen LogP contribution is 2.35. The van der Waals surface area contributed by atoms with E-state index in [-0.39, 0.29) is 0 Å². The molecule has 1 fully saturated rings. The quantitative estimate of drug-likeness (QED) is 0.727. The summed E-state index contributed by atoms with van der Waals surface area (Å²) in [6.07, 6.45) is 5.17. The van der Waals surface area contributed by atoms with Crippen LogP contribution in [0.5, 0.6) is 11.5 Å². The minimum Gasteiger partial charge on any atom is -0.493 e. The maximum absolute atomic E-state index is 6.16. The van der Waals surface area contributed by atoms with Crippen molar-refractivity contribution < 1.29 is 14.2 Å². The van der Waals surface area contributed by atoms with Crippen molar-refractivity contribution in [1.29, 1.82) is 0 Å². The Hall–Kier alpha value is -0.970. The third-order valence-corrected chi connectivity index (χ3v) is 4.27. The van der Waals surface area contributed by atoms with Crippen molar-refractivity contribution in [2.45, 2.75) is 38.3 Å². The Kier molecular flexibility index (Phi) is 6.80. The molecule has 0 aliphatic carbocycles. The molecule has 22 heavy (non-hydrogen) atoms. The molecule has 1 saturated heterocycles. The average molecular weight is 328 g/mol. The van der Waals surface area contributed by atoms with E-state index in [1.165, 1.54) is 12.8 Å². The number of nitrogens with zero attached hydrogens (tertiary/aromatic N) is 1. The van der Waals surface area contributed by atoms with Crippen molar-refractivity contribution in [3.63, 3.8) is 0 Å². The van der Waals surface area contributed by atoms with Gasteiger partial charge in [-0.3, -0.25) is 0 Å². The van der Waals surface area contributed by atoms with Gasteiger partial charge in [-0.2, -0.15) is 0 Å². The predicted molar refractivity (Wildman–Crippen MR) is 89.1 cm³/mol. The molecule has 0 aromatic heterocycles. The Labute approximate surface area is 138 Å². The van der Waals surface area contributed by atoms with Gasteiger partial charge in [0.25, 0.3) is 0 Å². The van der Waals surface area contributed by atoms with Crippen LogP contribution in [0, 0.1) is 0 Å². The monoisotopic (exact) mass is 327 g/mol. The first-order chi connectivity index (χ1) is 10.6. The molecule has 1 heterocycles. The van der Waals surface area contributed by atoms with Gasteiger partial charge in [-0.15, -0.1) is 0 Å². The Morgan fingerprint density at radius 2 is 2.14 bits per heavy atom. The minimum atomic E-state index is 0.467. The number of ether oxygens (including phenoxy) is 3. The third kappa shape index (κ3) is 4.77. The summed E-state index contributed by atoms with van der Waals surface area (Å²) in [6, 6.07) is 3.72. The summed E-state index contributed by atoms with van der Waals surface area (Å²) in [5.41, 5.74) is 1.05. The van der Waals surface area contributed by atoms with Crippen LogP contribution in [0.15, 0.2) is 12.1 Å². The number of hydrogen-bond donors (Lipinski definition) is 0. The van der Waals surface area contributed by atoms with Gasteiger partial charge >= 0.3 is 0 Å². The highest BCUT2D eigenvalue weighted by molar-refractivity contribution is 6.30. The number of methoxy groups -OCH3 is 2. The van der Waals surface area contributed by atoms with Crippen molar-refractivity contribution in [3.8, 4) is 11.5 Å². The molecule has 0 radical (unpaired) electrons. The highest BCUT2D eigenvalue weighted by atomic mass is 35.5. The molecule has 4 nitrogen and oxygen atoms in total. The summed E-state index contributed by atoms with van der Waals surface area (Å²) in [4.78, 5) is 2.28. The summed E-state index contributed by atoms with van der Waals surface area (Å²) in [5, 5.41) is 0.667. The van der Waals surface area contributed by atoms with E-state index in [1.54, 1.807) is 20.3 Å². The summed E-state index contributed by atoms with van der Waals surface area (Å²) < 4.78 is 16.5. The first-order valence-corrected chi connectivity index (χ1v) is 8.22. The standard InChI is InChI=1S/C17H26ClNO3/c1-19(8-4-6-15-7-5-9-22-15)12-13-10-14(18)11-16(20-2)17(13)21-3/h10-11,15H,4-9,12H2,1-3H3/t15-/m0/s1. The summed E-state index contributed by atoms with van der Waals surface area (Å²) in [7, 11) is 5.40. The zero-order chi connectivity index (χ0) is 15.9. The van der Waals surface area contributed by atoms with E-state index in [0.29, 0.717) is 16.9 Å². The van der Waals surface area contributed by atoms with E-state index < -0.39 is 0 Å². The smallest absolute Gasteiger partial charge is 0.165 e. The number of rotatable bonds is 8. The van der Waals surface area contributed by atoms with E-state index in [0.717, 1.165) is 43.9 Å². The van der Waals surface area contributed by atoms with Gasteiger partial charge in [0, 0.05) is 29.8 Å². The van der Waals surface area contributed by atoms with Crippen molar-refractivity contribution >= 4 is 11.6 Å². The molecule has 1 aliphatic heterocycles. The zero-order valence-corrected chi connectivity index (χ0v) is 14.5. The lowest BCUT2D eigenvalue weighted by Crippen LogP contribution is -2.21. The molecule has 0 saturated carbocycles. The van der Waals surface area contributed by atoms with Gasteiger partial charge in [0.05, 0.1) is 20.3 Å². The Morgan fingerprint density at radius 3 is 2.77 bits per heavy atom. The van der Waals surface area contributed by atoms with Crippen LogP contribution in [0.4, 0.5) is 0 Å². The van der Waals surface area contributed by atoms with Gasteiger partial charge in [0.2, 0.25) is 0 Å². The first-order valence-electron chi connectivity index (χ1n) is 7.84. The SMILES string of the molecule is COc1cc(Cl)cc(CN(C)CCC[C@H]2CCCO2)c1OC. The zero-order valence-electron chi connectivity index (χ0n) is 13.7. The Balaban J connectivity index is 1.89. The van der Waals surface area contributed by atoms with Gasteiger partial charge < -0.3 is 19.1 Å². The molecular formula is C17H26ClNO3. The molecule has 1 atom stereocenters. The first kappa shape index (κ1) is 17.4. The third-order valence-electron chi connectivity index (χ3n) is 4.05. The van der Waals surface area contributed by atoms with Crippen molar-refractivity contribution in [1.82, 2.24) is 4.90 Å². The molecule has 2 rings (SSSR count). The van der Waals surface area contributed by atoms with Crippen LogP contribution in [0.3, 0.4) is 0 Å². The molecule has 0 amide bonds. The molecule has 0 spiro atoms. The predicted octanol–water partition coefficient (Wildman–Crippen LogP) is 3.75. The van der Waals surface area contributed by atoms with Gasteiger partial charge in [0.1, 0.15) is 0 Å². The van der Waals surface area contributed by atoms with Crippen LogP contribution in [-0.2, 0) is 11.3 Å². The highest BCUT2D eigenvalue weighted by Gasteiger charge is 2.16. The average Bonchev–Trinajstić information content (AvgIpc) is 2.99. The molecule has 1 aromatic carbocycles. The summed E-state index contributed by atoms with van der Waals surface area (Å²) in [6.45, 7) is 2.74. The molecule has 0 N–H and O–H groups in total. The molecule has 0 unspecified atom stereocenters. The van der Waals surface area contributed by atoms with Crippen molar-refractivity contribution in [2.24, 2.45) is 0 Å². The van der Waals surface area contributed by atoms with Gasteiger partial charge in [-0.05, 0) is 45.3 Å². The van der Waals surface area contributed by atoms with Crippen LogP contribution in [0.1, 0.15) is 31.2 Å². The topological polar surface area (TPSA) is 30.9 Å². The fourth-order valence-electron chi connectivity index (χ4n) is 2.95. The van der Waals surface area contributed by atoms with Crippen LogP contribution < -0.4 is 9.47 Å². The van der Waals surface area contributed by atoms with Gasteiger partial charge in [0.15, 0.2) is 11.5 Å². The van der Waals surface area contributed by atoms with Crippen LogP contribution >= 0.6 is 11.6 Å². The van der Waals surface area contributed by atoms with Crippen LogP contribution in [0.2, 0.25) is 5.02 Å². The second-order valence-electron chi connectivity index (χ2n) is 5.82. The van der Waals surface area contributed by atoms with Crippen molar-refractivity contribution in [3.05, 3.63) is 22.7 Å². The van der Waals surface area contributed by atoms with Crippen molar-refractivity contribution in [2.75, 3.05) is 34.4 Å². The van der Waals surface area contributed by atoms with Gasteiger partial charge in [-0.1, -0.05) is 11.6 Å². The summed E-state index contributed by atoms with van der Waals surface area (Å²) >= 11 is 6.16. The fraction of sp³-hybridized carbons (Fsp3) is 0.647. The fourth-order valence-corrected chi connectivity index (χ4v) is 3.18. The summed E-state index contributed by atoms with van der Waals surface area (Å²) in [5.74, 6) is 1.44. The maximum Gasteiger partial charge on any atom is 0.165 e. The number of hydrogen-bond acceptors (Lipinski definition) is 4. The maximum atomic E-state index is 6.16. The second kappa shape index (κ2) is 8.61. The molecule has 0 bridgehead atoms. The molecule has 5 heteroatoms. The second-order valence-corrected chi connectivity index (χ2v) is 6.25. The van der Waals surface area contributed by atoms with E-state index in [2.05, 4.69) is 11.9 Å². The molecule has 1 aromatic rings. The van der Waals surface area contributed by atoms with E-state index in [9.17, 15) is 0 Å². The largest absolute Gasteiger partial charge is 0.493 e. The lowest BCUT2D eigenvalue weighted by Gasteiger charge is -2.20. The lowest BCUT2D eigenvalue weighted by molar-refractivity contribution is 0.0995. The van der Waals surface area contributed by atoms with Crippen LogP contribution in [-0.4, -0.2) is 45.4 Å². The normalized spacial score (nSPS) is 18.0. The molecule has 124 valence electrons. The van der Waals surface area contributed by atoms with E-state index >= 15 is 0 Å². The number of benzene rings is 1. The van der Waals surface area contributed by atoms with Gasteiger partial charge in [-0.25, -0.2) is 0 Å². The molecular weight excluding hydrogens is 302 g/mol. The Morgan fingerprint density at radius 1 is 1.32 bits per heavy atom. The molecule has 1 aliphatic rings. The van der Waals surface area contributed by atoms with Crippen LogP contribution in [0.25, 0.3) is 0 Å².